The Kier molecular flexibility index (Phi) is 12.8. The molecular weight excluding hydrogens is 415 g/mol. The van der Waals surface area contributed by atoms with Crippen LogP contribution in [0.25, 0.3) is 0 Å². The van der Waals surface area contributed by atoms with Crippen molar-refractivity contribution in [2.24, 2.45) is 4.99 Å². The first-order chi connectivity index (χ1) is 10.2. The second-order valence-electron chi connectivity index (χ2n) is 4.78. The highest BCUT2D eigenvalue weighted by molar-refractivity contribution is 14.0. The highest BCUT2D eigenvalue weighted by Crippen LogP contribution is 2.17. The second kappa shape index (κ2) is 13.0. The summed E-state index contributed by atoms with van der Waals surface area (Å²) in [6.07, 6.45) is 0. The molecule has 0 aromatic carbocycles. The number of guanidine groups is 1. The summed E-state index contributed by atoms with van der Waals surface area (Å²) in [6.45, 7) is 7.54. The van der Waals surface area contributed by atoms with Gasteiger partial charge in [0.2, 0.25) is 0 Å². The minimum absolute atomic E-state index is 0. The zero-order valence-electron chi connectivity index (χ0n) is 13.7. The minimum Gasteiger partial charge on any atom is -0.382 e. The van der Waals surface area contributed by atoms with Crippen LogP contribution in [0, 0.1) is 0 Å². The van der Waals surface area contributed by atoms with Crippen LogP contribution in [0.3, 0.4) is 0 Å². The number of nitrogens with zero attached hydrogens (tertiary/aromatic N) is 2. The van der Waals surface area contributed by atoms with Crippen molar-refractivity contribution in [1.29, 1.82) is 0 Å². The van der Waals surface area contributed by atoms with E-state index in [2.05, 4.69) is 39.8 Å². The number of methoxy groups -OCH3 is 1. The van der Waals surface area contributed by atoms with Gasteiger partial charge in [-0.2, -0.15) is 0 Å². The van der Waals surface area contributed by atoms with Crippen LogP contribution >= 0.6 is 35.3 Å². The van der Waals surface area contributed by atoms with Gasteiger partial charge < -0.3 is 20.1 Å². The lowest BCUT2D eigenvalue weighted by atomic mass is 10.2. The molecule has 0 spiro atoms. The predicted octanol–water partition coefficient (Wildman–Crippen LogP) is 2.21. The van der Waals surface area contributed by atoms with Gasteiger partial charge in [-0.05, 0) is 5.92 Å². The molecule has 0 aliphatic rings. The Morgan fingerprint density at radius 1 is 1.32 bits per heavy atom. The minimum atomic E-state index is 0. The van der Waals surface area contributed by atoms with E-state index in [0.29, 0.717) is 38.8 Å². The predicted molar refractivity (Wildman–Crippen MR) is 103 cm³/mol. The molecule has 0 saturated carbocycles. The second-order valence-corrected chi connectivity index (χ2v) is 5.72. The van der Waals surface area contributed by atoms with E-state index in [4.69, 9.17) is 9.47 Å². The van der Waals surface area contributed by atoms with Gasteiger partial charge in [0.05, 0.1) is 32.1 Å². The number of rotatable bonds is 9. The quantitative estimate of drug-likeness (QED) is 0.266. The van der Waals surface area contributed by atoms with Gasteiger partial charge in [0.25, 0.3) is 0 Å². The molecule has 0 unspecified atom stereocenters. The lowest BCUT2D eigenvalue weighted by Gasteiger charge is -2.11. The molecule has 0 fully saturated rings. The summed E-state index contributed by atoms with van der Waals surface area (Å²) in [7, 11) is 3.42. The number of thiazole rings is 1. The van der Waals surface area contributed by atoms with Crippen molar-refractivity contribution < 1.29 is 9.47 Å². The molecule has 2 N–H and O–H groups in total. The number of aromatic nitrogens is 1. The third kappa shape index (κ3) is 8.86. The van der Waals surface area contributed by atoms with Crippen LogP contribution in [0.1, 0.15) is 30.5 Å². The van der Waals surface area contributed by atoms with Gasteiger partial charge in [0.1, 0.15) is 5.01 Å². The van der Waals surface area contributed by atoms with Crippen LogP contribution in [0.4, 0.5) is 0 Å². The van der Waals surface area contributed by atoms with Crippen molar-refractivity contribution in [3.8, 4) is 0 Å². The smallest absolute Gasteiger partial charge is 0.191 e. The van der Waals surface area contributed by atoms with Crippen molar-refractivity contribution in [1.82, 2.24) is 15.6 Å². The number of hydrogen-bond donors (Lipinski definition) is 2. The van der Waals surface area contributed by atoms with Crippen LogP contribution < -0.4 is 10.6 Å². The van der Waals surface area contributed by atoms with Crippen molar-refractivity contribution in [3.63, 3.8) is 0 Å². The maximum Gasteiger partial charge on any atom is 0.191 e. The SMILES string of the molecule is CN=C(NCCOCCOC)NCc1nc(C(C)C)cs1.I. The number of aliphatic imine (C=N–C) groups is 1. The Bertz CT molecular complexity index is 427. The van der Waals surface area contributed by atoms with E-state index >= 15 is 0 Å². The first-order valence-corrected chi connectivity index (χ1v) is 8.00. The van der Waals surface area contributed by atoms with Crippen LogP contribution in [0.2, 0.25) is 0 Å². The normalized spacial score (nSPS) is 11.4. The third-order valence-electron chi connectivity index (χ3n) is 2.76. The maximum atomic E-state index is 5.38. The Morgan fingerprint density at radius 2 is 2.09 bits per heavy atom. The Hall–Kier alpha value is -0.450. The molecular formula is C14H27IN4O2S. The van der Waals surface area contributed by atoms with Crippen LogP contribution in [-0.4, -0.2) is 51.5 Å². The summed E-state index contributed by atoms with van der Waals surface area (Å²) in [6, 6.07) is 0. The van der Waals surface area contributed by atoms with Gasteiger partial charge in [0.15, 0.2) is 5.96 Å². The van der Waals surface area contributed by atoms with Gasteiger partial charge in [-0.15, -0.1) is 35.3 Å². The Labute approximate surface area is 154 Å². The molecule has 1 heterocycles. The fraction of sp³-hybridized carbons (Fsp3) is 0.714. The van der Waals surface area contributed by atoms with Gasteiger partial charge in [-0.1, -0.05) is 13.8 Å². The van der Waals surface area contributed by atoms with Crippen molar-refractivity contribution in [3.05, 3.63) is 16.1 Å². The molecule has 1 aromatic rings. The third-order valence-corrected chi connectivity index (χ3v) is 3.63. The van der Waals surface area contributed by atoms with Crippen molar-refractivity contribution >= 4 is 41.3 Å². The molecule has 0 bridgehead atoms. The summed E-state index contributed by atoms with van der Waals surface area (Å²) in [5.74, 6) is 1.23. The van der Waals surface area contributed by atoms with Crippen LogP contribution in [0.5, 0.6) is 0 Å². The van der Waals surface area contributed by atoms with Gasteiger partial charge in [0, 0.05) is 26.1 Å². The monoisotopic (exact) mass is 442 g/mol. The number of ether oxygens (including phenoxy) is 2. The summed E-state index contributed by atoms with van der Waals surface area (Å²) < 4.78 is 10.3. The summed E-state index contributed by atoms with van der Waals surface area (Å²) in [5.41, 5.74) is 1.14. The highest BCUT2D eigenvalue weighted by Gasteiger charge is 2.06. The lowest BCUT2D eigenvalue weighted by Crippen LogP contribution is -2.38. The number of hydrogen-bond acceptors (Lipinski definition) is 5. The number of nitrogens with one attached hydrogen (secondary N) is 2. The molecule has 0 radical (unpaired) electrons. The van der Waals surface area contributed by atoms with Gasteiger partial charge in [-0.3, -0.25) is 4.99 Å². The fourth-order valence-electron chi connectivity index (χ4n) is 1.54. The fourth-order valence-corrected chi connectivity index (χ4v) is 2.43. The first-order valence-electron chi connectivity index (χ1n) is 7.12. The summed E-state index contributed by atoms with van der Waals surface area (Å²) >= 11 is 1.67. The number of halogens is 1. The molecule has 6 nitrogen and oxygen atoms in total. The topological polar surface area (TPSA) is 67.8 Å². The standard InChI is InChI=1S/C14H26N4O2S.HI/c1-11(2)12-10-21-13(18-12)9-17-14(15-3)16-5-6-20-8-7-19-4;/h10-11H,5-9H2,1-4H3,(H2,15,16,17);1H. The molecule has 1 aromatic heterocycles. The Balaban J connectivity index is 0.00000441. The van der Waals surface area contributed by atoms with Crippen molar-refractivity contribution in [2.45, 2.75) is 26.3 Å². The molecule has 1 rings (SSSR count). The zero-order chi connectivity index (χ0) is 15.5. The molecule has 0 atom stereocenters. The molecule has 22 heavy (non-hydrogen) atoms. The zero-order valence-corrected chi connectivity index (χ0v) is 16.9. The van der Waals surface area contributed by atoms with E-state index in [0.717, 1.165) is 16.7 Å². The van der Waals surface area contributed by atoms with Gasteiger partial charge in [-0.25, -0.2) is 4.98 Å². The molecule has 8 heteroatoms. The molecule has 0 aliphatic carbocycles. The average molecular weight is 442 g/mol. The van der Waals surface area contributed by atoms with E-state index in [9.17, 15) is 0 Å². The highest BCUT2D eigenvalue weighted by atomic mass is 127. The van der Waals surface area contributed by atoms with E-state index in [1.807, 2.05) is 0 Å². The summed E-state index contributed by atoms with van der Waals surface area (Å²) in [4.78, 5) is 8.75. The summed E-state index contributed by atoms with van der Waals surface area (Å²) in [5, 5.41) is 9.62. The molecule has 0 aliphatic heterocycles. The maximum absolute atomic E-state index is 5.38. The van der Waals surface area contributed by atoms with Crippen LogP contribution in [-0.2, 0) is 16.0 Å². The molecule has 0 amide bonds. The first kappa shape index (κ1) is 21.6. The van der Waals surface area contributed by atoms with E-state index in [1.165, 1.54) is 0 Å². The molecule has 0 saturated heterocycles. The van der Waals surface area contributed by atoms with Crippen molar-refractivity contribution in [2.75, 3.05) is 40.5 Å². The van der Waals surface area contributed by atoms with Crippen LogP contribution in [0.15, 0.2) is 10.4 Å². The van der Waals surface area contributed by atoms with E-state index < -0.39 is 0 Å². The van der Waals surface area contributed by atoms with E-state index in [1.54, 1.807) is 25.5 Å². The van der Waals surface area contributed by atoms with Gasteiger partial charge >= 0.3 is 0 Å². The Morgan fingerprint density at radius 3 is 2.68 bits per heavy atom. The molecule has 128 valence electrons. The van der Waals surface area contributed by atoms with E-state index in [-0.39, 0.29) is 24.0 Å². The lowest BCUT2D eigenvalue weighted by molar-refractivity contribution is 0.0733. The average Bonchev–Trinajstić information content (AvgIpc) is 2.95. The largest absolute Gasteiger partial charge is 0.382 e.